The summed E-state index contributed by atoms with van der Waals surface area (Å²) in [5, 5.41) is 10.4. The number of nitrogens with zero attached hydrogens (tertiary/aromatic N) is 1. The number of hydrogen-bond acceptors (Lipinski definition) is 8. The topological polar surface area (TPSA) is 119 Å². The van der Waals surface area contributed by atoms with Crippen molar-refractivity contribution in [3.63, 3.8) is 0 Å². The summed E-state index contributed by atoms with van der Waals surface area (Å²) in [6.07, 6.45) is 1.57. The number of ether oxygens (including phenoxy) is 2. The van der Waals surface area contributed by atoms with E-state index in [4.69, 9.17) is 9.47 Å². The van der Waals surface area contributed by atoms with E-state index in [1.807, 2.05) is 84.2 Å². The van der Waals surface area contributed by atoms with Crippen molar-refractivity contribution in [2.75, 3.05) is 24.9 Å². The van der Waals surface area contributed by atoms with Gasteiger partial charge >= 0.3 is 0 Å². The average molecular weight is 727 g/mol. The highest BCUT2D eigenvalue weighted by Gasteiger charge is 2.24. The number of thiazole rings is 1. The standard InChI is InChI=1S/C41H34N4O5S2/c1-49-32-22-20-27(21-23-32)35-26-51-41(44-35)45-40(48)37(28-12-5-3-6-13-28)52-33-18-11-17-31(25-33)42-39(47)34(24-30-16-9-10-19-36(30)50-2)43-38(46)29-14-7-4-8-15-29/h3-26,37H,1-2H3,(H,42,47)(H,43,46)(H,44,45,48)/b34-24+. The first-order chi connectivity index (χ1) is 25.4. The van der Waals surface area contributed by atoms with E-state index in [0.717, 1.165) is 27.5 Å². The Kier molecular flexibility index (Phi) is 11.8. The summed E-state index contributed by atoms with van der Waals surface area (Å²) in [4.78, 5) is 46.1. The molecule has 52 heavy (non-hydrogen) atoms. The lowest BCUT2D eigenvalue weighted by atomic mass is 10.1. The fourth-order valence-electron chi connectivity index (χ4n) is 5.16. The third kappa shape index (κ3) is 9.13. The predicted octanol–water partition coefficient (Wildman–Crippen LogP) is 8.71. The number of hydrogen-bond donors (Lipinski definition) is 3. The van der Waals surface area contributed by atoms with Crippen molar-refractivity contribution < 1.29 is 23.9 Å². The highest BCUT2D eigenvalue weighted by atomic mass is 32.2. The Hall–Kier alpha value is -6.17. The van der Waals surface area contributed by atoms with Crippen LogP contribution in [0.1, 0.15) is 26.7 Å². The quantitative estimate of drug-likeness (QED) is 0.0805. The second kappa shape index (κ2) is 17.2. The Balaban J connectivity index is 1.21. The second-order valence-electron chi connectivity index (χ2n) is 11.3. The number of amides is 3. The Morgan fingerprint density at radius 3 is 2.21 bits per heavy atom. The molecule has 0 fully saturated rings. The number of carbonyl (C=O) groups excluding carboxylic acids is 3. The number of carbonyl (C=O) groups is 3. The molecule has 1 atom stereocenters. The molecule has 1 heterocycles. The van der Waals surface area contributed by atoms with Crippen molar-refractivity contribution in [1.82, 2.24) is 10.3 Å². The maximum atomic E-state index is 13.8. The van der Waals surface area contributed by atoms with E-state index in [0.29, 0.717) is 27.7 Å². The maximum Gasteiger partial charge on any atom is 0.272 e. The van der Waals surface area contributed by atoms with E-state index in [1.54, 1.807) is 67.8 Å². The highest BCUT2D eigenvalue weighted by Crippen LogP contribution is 2.38. The van der Waals surface area contributed by atoms with E-state index in [2.05, 4.69) is 20.9 Å². The Bertz CT molecular complexity index is 2190. The van der Waals surface area contributed by atoms with Crippen LogP contribution in [0.15, 0.2) is 149 Å². The first kappa shape index (κ1) is 35.6. The zero-order valence-electron chi connectivity index (χ0n) is 28.2. The van der Waals surface area contributed by atoms with E-state index in [9.17, 15) is 14.4 Å². The van der Waals surface area contributed by atoms with Crippen LogP contribution in [0.4, 0.5) is 10.8 Å². The van der Waals surface area contributed by atoms with Crippen molar-refractivity contribution in [3.05, 3.63) is 161 Å². The lowest BCUT2D eigenvalue weighted by Gasteiger charge is -2.17. The molecular weight excluding hydrogens is 693 g/mol. The minimum atomic E-state index is -0.633. The molecule has 0 aliphatic rings. The largest absolute Gasteiger partial charge is 0.497 e. The highest BCUT2D eigenvalue weighted by molar-refractivity contribution is 8.00. The van der Waals surface area contributed by atoms with Crippen LogP contribution in [-0.4, -0.2) is 36.9 Å². The van der Waals surface area contributed by atoms with Gasteiger partial charge in [0, 0.05) is 32.7 Å². The number of anilines is 2. The van der Waals surface area contributed by atoms with Crippen LogP contribution >= 0.6 is 23.1 Å². The molecular formula is C41H34N4O5S2. The molecule has 1 unspecified atom stereocenters. The SMILES string of the molecule is COc1ccc(-c2csc(NC(=O)C(Sc3cccc(NC(=O)/C(=C\c4ccccc4OC)NC(=O)c4ccccc4)c3)c3ccccc3)n2)cc1. The van der Waals surface area contributed by atoms with Gasteiger partial charge in [-0.25, -0.2) is 4.98 Å². The first-order valence-corrected chi connectivity index (χ1v) is 17.9. The minimum Gasteiger partial charge on any atom is -0.497 e. The third-order valence-corrected chi connectivity index (χ3v) is 9.78. The van der Waals surface area contributed by atoms with Crippen LogP contribution in [0.2, 0.25) is 0 Å². The summed E-state index contributed by atoms with van der Waals surface area (Å²) in [7, 11) is 3.16. The van der Waals surface area contributed by atoms with E-state index >= 15 is 0 Å². The molecule has 3 N–H and O–H groups in total. The third-order valence-electron chi connectivity index (χ3n) is 7.77. The number of methoxy groups -OCH3 is 2. The van der Waals surface area contributed by atoms with Crippen LogP contribution in [-0.2, 0) is 9.59 Å². The van der Waals surface area contributed by atoms with Gasteiger partial charge in [0.1, 0.15) is 22.4 Å². The van der Waals surface area contributed by atoms with Crippen molar-refractivity contribution in [2.24, 2.45) is 0 Å². The lowest BCUT2D eigenvalue weighted by Crippen LogP contribution is -2.30. The van der Waals surface area contributed by atoms with Gasteiger partial charge in [0.2, 0.25) is 5.91 Å². The summed E-state index contributed by atoms with van der Waals surface area (Å²) in [5.74, 6) is 0.0749. The summed E-state index contributed by atoms with van der Waals surface area (Å²) in [6.45, 7) is 0. The molecule has 260 valence electrons. The first-order valence-electron chi connectivity index (χ1n) is 16.1. The number of nitrogens with one attached hydrogen (secondary N) is 3. The van der Waals surface area contributed by atoms with Crippen LogP contribution in [0.25, 0.3) is 17.3 Å². The fraction of sp³-hybridized carbons (Fsp3) is 0.0732. The molecule has 0 radical (unpaired) electrons. The fourth-order valence-corrected chi connectivity index (χ4v) is 6.97. The van der Waals surface area contributed by atoms with Gasteiger partial charge in [0.15, 0.2) is 5.13 Å². The van der Waals surface area contributed by atoms with Crippen molar-refractivity contribution in [2.45, 2.75) is 10.1 Å². The number of aromatic nitrogens is 1. The number of rotatable bonds is 13. The van der Waals surface area contributed by atoms with E-state index in [1.165, 1.54) is 30.2 Å². The number of thioether (sulfide) groups is 1. The van der Waals surface area contributed by atoms with E-state index in [-0.39, 0.29) is 11.6 Å². The van der Waals surface area contributed by atoms with Gasteiger partial charge in [-0.1, -0.05) is 72.8 Å². The van der Waals surface area contributed by atoms with Gasteiger partial charge in [0.25, 0.3) is 11.8 Å². The van der Waals surface area contributed by atoms with Crippen LogP contribution in [0.5, 0.6) is 11.5 Å². The molecule has 1 aromatic heterocycles. The molecule has 0 bridgehead atoms. The molecule has 0 aliphatic heterocycles. The summed E-state index contributed by atoms with van der Waals surface area (Å²) >= 11 is 2.69. The zero-order chi connectivity index (χ0) is 36.3. The molecule has 5 aromatic carbocycles. The molecule has 0 spiro atoms. The number of benzene rings is 5. The molecule has 0 saturated heterocycles. The molecule has 9 nitrogen and oxygen atoms in total. The molecule has 6 rings (SSSR count). The molecule has 0 aliphatic carbocycles. The van der Waals surface area contributed by atoms with Gasteiger partial charge in [0.05, 0.1) is 19.9 Å². The Morgan fingerprint density at radius 2 is 1.48 bits per heavy atom. The second-order valence-corrected chi connectivity index (χ2v) is 13.3. The Morgan fingerprint density at radius 1 is 0.769 bits per heavy atom. The van der Waals surface area contributed by atoms with Gasteiger partial charge in [-0.2, -0.15) is 0 Å². The normalized spacial score (nSPS) is 11.6. The summed E-state index contributed by atoms with van der Waals surface area (Å²) in [6, 6.07) is 40.1. The van der Waals surface area contributed by atoms with E-state index < -0.39 is 17.1 Å². The van der Waals surface area contributed by atoms with Crippen molar-refractivity contribution in [3.8, 4) is 22.8 Å². The van der Waals surface area contributed by atoms with Crippen LogP contribution in [0, 0.1) is 0 Å². The van der Waals surface area contributed by atoms with Gasteiger partial charge in [-0.15, -0.1) is 23.1 Å². The zero-order valence-corrected chi connectivity index (χ0v) is 29.9. The molecule has 0 saturated carbocycles. The maximum absolute atomic E-state index is 13.8. The van der Waals surface area contributed by atoms with Crippen LogP contribution < -0.4 is 25.4 Å². The monoisotopic (exact) mass is 726 g/mol. The van der Waals surface area contributed by atoms with Gasteiger partial charge < -0.3 is 25.4 Å². The molecule has 11 heteroatoms. The molecule has 3 amide bonds. The van der Waals surface area contributed by atoms with Crippen molar-refractivity contribution >= 4 is 57.7 Å². The van der Waals surface area contributed by atoms with Crippen molar-refractivity contribution in [1.29, 1.82) is 0 Å². The summed E-state index contributed by atoms with van der Waals surface area (Å²) in [5.41, 5.74) is 3.97. The minimum absolute atomic E-state index is 0.0235. The van der Waals surface area contributed by atoms with Gasteiger partial charge in [-0.3, -0.25) is 14.4 Å². The summed E-state index contributed by atoms with van der Waals surface area (Å²) < 4.78 is 10.7. The smallest absolute Gasteiger partial charge is 0.272 e. The lowest BCUT2D eigenvalue weighted by molar-refractivity contribution is -0.116. The van der Waals surface area contributed by atoms with Gasteiger partial charge in [-0.05, 0) is 72.3 Å². The average Bonchev–Trinajstić information content (AvgIpc) is 3.66. The molecule has 6 aromatic rings. The van der Waals surface area contributed by atoms with Crippen LogP contribution in [0.3, 0.4) is 0 Å². The predicted molar refractivity (Wildman–Crippen MR) is 208 cm³/mol. The number of para-hydroxylation sites is 1. The Labute approximate surface area is 309 Å².